The van der Waals surface area contributed by atoms with Crippen molar-refractivity contribution in [3.63, 3.8) is 0 Å². The molecule has 1 N–H and O–H groups in total. The number of hydrogen-bond acceptors (Lipinski definition) is 4. The van der Waals surface area contributed by atoms with Gasteiger partial charge in [0.1, 0.15) is 0 Å². The van der Waals surface area contributed by atoms with Crippen LogP contribution in [0.2, 0.25) is 0 Å². The summed E-state index contributed by atoms with van der Waals surface area (Å²) in [5, 5.41) is 8.98. The molecule has 0 aromatic carbocycles. The average Bonchev–Trinajstić information content (AvgIpc) is 2.30. The zero-order chi connectivity index (χ0) is 12.7. The summed E-state index contributed by atoms with van der Waals surface area (Å²) in [6.07, 6.45) is 0.908. The quantitative estimate of drug-likeness (QED) is 0.759. The number of rotatable bonds is 7. The smallest absolute Gasteiger partial charge is 0.358 e. The van der Waals surface area contributed by atoms with E-state index in [1.807, 2.05) is 11.8 Å². The highest BCUT2D eigenvalue weighted by atomic mass is 32.2. The Morgan fingerprint density at radius 3 is 2.94 bits per heavy atom. The summed E-state index contributed by atoms with van der Waals surface area (Å²) in [6.45, 7) is 4.39. The molecule has 0 unspecified atom stereocenters. The number of nitrogens with zero attached hydrogens (tertiary/aromatic N) is 1. The van der Waals surface area contributed by atoms with Crippen molar-refractivity contribution in [2.75, 3.05) is 18.1 Å². The molecule has 0 saturated heterocycles. The minimum Gasteiger partial charge on any atom is -0.491 e. The van der Waals surface area contributed by atoms with Crippen molar-refractivity contribution in [3.05, 3.63) is 23.5 Å². The molecule has 0 saturated carbocycles. The van der Waals surface area contributed by atoms with Crippen LogP contribution in [0.4, 0.5) is 0 Å². The molecular formula is C12H17NO3S. The van der Waals surface area contributed by atoms with Crippen molar-refractivity contribution in [2.24, 2.45) is 0 Å². The average molecular weight is 255 g/mol. The van der Waals surface area contributed by atoms with Crippen LogP contribution in [-0.2, 0) is 0 Å². The van der Waals surface area contributed by atoms with Crippen LogP contribution in [0.15, 0.2) is 12.1 Å². The lowest BCUT2D eigenvalue weighted by Gasteiger charge is -2.08. The van der Waals surface area contributed by atoms with Gasteiger partial charge >= 0.3 is 5.97 Å². The van der Waals surface area contributed by atoms with Gasteiger partial charge in [-0.1, -0.05) is 6.92 Å². The second-order valence-electron chi connectivity index (χ2n) is 3.50. The van der Waals surface area contributed by atoms with Crippen LogP contribution < -0.4 is 4.74 Å². The molecule has 1 heterocycles. The summed E-state index contributed by atoms with van der Waals surface area (Å²) in [6, 6.07) is 3.42. The van der Waals surface area contributed by atoms with Crippen molar-refractivity contribution in [2.45, 2.75) is 20.3 Å². The van der Waals surface area contributed by atoms with Gasteiger partial charge in [-0.2, -0.15) is 11.8 Å². The van der Waals surface area contributed by atoms with Crippen LogP contribution in [0, 0.1) is 6.92 Å². The zero-order valence-corrected chi connectivity index (χ0v) is 10.9. The number of pyridine rings is 1. The third-order valence-corrected chi connectivity index (χ3v) is 3.08. The Balaban J connectivity index is 2.55. The van der Waals surface area contributed by atoms with E-state index in [0.717, 1.165) is 17.9 Å². The van der Waals surface area contributed by atoms with E-state index in [0.29, 0.717) is 18.1 Å². The number of carbonyl (C=O) groups is 1. The fourth-order valence-electron chi connectivity index (χ4n) is 1.30. The lowest BCUT2D eigenvalue weighted by atomic mass is 10.3. The van der Waals surface area contributed by atoms with Gasteiger partial charge in [0, 0.05) is 5.69 Å². The van der Waals surface area contributed by atoms with E-state index < -0.39 is 5.97 Å². The van der Waals surface area contributed by atoms with Crippen molar-refractivity contribution in [1.29, 1.82) is 0 Å². The molecule has 0 aliphatic carbocycles. The van der Waals surface area contributed by atoms with Gasteiger partial charge in [0.05, 0.1) is 6.61 Å². The van der Waals surface area contributed by atoms with Crippen molar-refractivity contribution >= 4 is 17.7 Å². The highest BCUT2D eigenvalue weighted by Gasteiger charge is 2.13. The number of aryl methyl sites for hydroxylation is 1. The molecule has 0 aliphatic heterocycles. The number of thioether (sulfide) groups is 1. The largest absolute Gasteiger partial charge is 0.491 e. The molecule has 17 heavy (non-hydrogen) atoms. The standard InChI is InChI=1S/C12H17NO3S/c1-3-17-8-4-7-16-10-6-5-9(2)13-11(10)12(14)15/h5-6H,3-4,7-8H2,1-2H3,(H,14,15). The molecule has 1 rings (SSSR count). The topological polar surface area (TPSA) is 59.4 Å². The molecule has 0 aliphatic rings. The van der Waals surface area contributed by atoms with Gasteiger partial charge in [0.25, 0.3) is 0 Å². The van der Waals surface area contributed by atoms with E-state index in [1.54, 1.807) is 19.1 Å². The first-order valence-electron chi connectivity index (χ1n) is 5.56. The minimum atomic E-state index is -1.05. The molecular weight excluding hydrogens is 238 g/mol. The predicted molar refractivity (Wildman–Crippen MR) is 69.0 cm³/mol. The molecule has 0 atom stereocenters. The first kappa shape index (κ1) is 13.8. The molecule has 94 valence electrons. The normalized spacial score (nSPS) is 10.2. The molecule has 0 radical (unpaired) electrons. The van der Waals surface area contributed by atoms with Crippen molar-refractivity contribution in [3.8, 4) is 5.75 Å². The second kappa shape index (κ2) is 7.17. The maximum absolute atomic E-state index is 11.0. The Morgan fingerprint density at radius 2 is 2.29 bits per heavy atom. The van der Waals surface area contributed by atoms with E-state index in [1.165, 1.54) is 0 Å². The molecule has 0 spiro atoms. The van der Waals surface area contributed by atoms with Crippen LogP contribution in [0.25, 0.3) is 0 Å². The molecule has 0 amide bonds. The van der Waals surface area contributed by atoms with Gasteiger partial charge in [-0.25, -0.2) is 9.78 Å². The molecule has 1 aromatic heterocycles. The first-order chi connectivity index (χ1) is 8.15. The lowest BCUT2D eigenvalue weighted by Crippen LogP contribution is -2.08. The lowest BCUT2D eigenvalue weighted by molar-refractivity contribution is 0.0685. The summed E-state index contributed by atoms with van der Waals surface area (Å²) in [4.78, 5) is 14.9. The number of carboxylic acid groups (broad SMARTS) is 1. The van der Waals surface area contributed by atoms with Gasteiger partial charge in [-0.15, -0.1) is 0 Å². The fourth-order valence-corrected chi connectivity index (χ4v) is 1.91. The van der Waals surface area contributed by atoms with E-state index in [4.69, 9.17) is 9.84 Å². The van der Waals surface area contributed by atoms with Gasteiger partial charge in [0.15, 0.2) is 11.4 Å². The van der Waals surface area contributed by atoms with Crippen molar-refractivity contribution < 1.29 is 14.6 Å². The highest BCUT2D eigenvalue weighted by molar-refractivity contribution is 7.99. The molecule has 0 fully saturated rings. The van der Waals surface area contributed by atoms with E-state index in [9.17, 15) is 4.79 Å². The monoisotopic (exact) mass is 255 g/mol. The summed E-state index contributed by atoms with van der Waals surface area (Å²) in [5.41, 5.74) is 0.671. The van der Waals surface area contributed by atoms with Crippen LogP contribution in [0.5, 0.6) is 5.75 Å². The summed E-state index contributed by atoms with van der Waals surface area (Å²) in [5.74, 6) is 1.42. The molecule has 1 aromatic rings. The maximum Gasteiger partial charge on any atom is 0.358 e. The van der Waals surface area contributed by atoms with Gasteiger partial charge < -0.3 is 9.84 Å². The van der Waals surface area contributed by atoms with Crippen LogP contribution >= 0.6 is 11.8 Å². The summed E-state index contributed by atoms with van der Waals surface area (Å²) >= 11 is 1.84. The van der Waals surface area contributed by atoms with Gasteiger partial charge in [-0.05, 0) is 37.0 Å². The Morgan fingerprint density at radius 1 is 1.53 bits per heavy atom. The van der Waals surface area contributed by atoms with Gasteiger partial charge in [0.2, 0.25) is 0 Å². The summed E-state index contributed by atoms with van der Waals surface area (Å²) in [7, 11) is 0. The Kier molecular flexibility index (Phi) is 5.83. The SMILES string of the molecule is CCSCCCOc1ccc(C)nc1C(=O)O. The Hall–Kier alpha value is -1.23. The maximum atomic E-state index is 11.0. The number of ether oxygens (including phenoxy) is 1. The molecule has 5 heteroatoms. The Labute approximate surface area is 105 Å². The number of hydrogen-bond donors (Lipinski definition) is 1. The van der Waals surface area contributed by atoms with Crippen LogP contribution in [0.3, 0.4) is 0 Å². The number of aromatic nitrogens is 1. The van der Waals surface area contributed by atoms with Crippen LogP contribution in [0.1, 0.15) is 29.5 Å². The Bertz CT molecular complexity index is 382. The third kappa shape index (κ3) is 4.65. The third-order valence-electron chi connectivity index (χ3n) is 2.09. The number of aromatic carboxylic acids is 1. The molecule has 4 nitrogen and oxygen atoms in total. The molecule has 0 bridgehead atoms. The zero-order valence-electron chi connectivity index (χ0n) is 10.1. The second-order valence-corrected chi connectivity index (χ2v) is 4.90. The predicted octanol–water partition coefficient (Wildman–Crippen LogP) is 2.61. The minimum absolute atomic E-state index is 0.00635. The van der Waals surface area contributed by atoms with E-state index in [-0.39, 0.29) is 5.69 Å². The van der Waals surface area contributed by atoms with E-state index in [2.05, 4.69) is 11.9 Å². The van der Waals surface area contributed by atoms with Crippen molar-refractivity contribution in [1.82, 2.24) is 4.98 Å². The highest BCUT2D eigenvalue weighted by Crippen LogP contribution is 2.17. The fraction of sp³-hybridized carbons (Fsp3) is 0.500. The summed E-state index contributed by atoms with van der Waals surface area (Å²) < 4.78 is 5.44. The van der Waals surface area contributed by atoms with E-state index >= 15 is 0 Å². The van der Waals surface area contributed by atoms with Gasteiger partial charge in [-0.3, -0.25) is 0 Å². The number of carboxylic acids is 1. The first-order valence-corrected chi connectivity index (χ1v) is 6.72. The van der Waals surface area contributed by atoms with Crippen LogP contribution in [-0.4, -0.2) is 34.2 Å².